The Morgan fingerprint density at radius 2 is 2.35 bits per heavy atom. The van der Waals surface area contributed by atoms with Gasteiger partial charge in [0.2, 0.25) is 0 Å². The summed E-state index contributed by atoms with van der Waals surface area (Å²) in [6.07, 6.45) is 6.59. The molecule has 0 amide bonds. The van der Waals surface area contributed by atoms with E-state index in [9.17, 15) is 5.11 Å². The topological polar surface area (TPSA) is 83.2 Å². The van der Waals surface area contributed by atoms with Gasteiger partial charge >= 0.3 is 0 Å². The SMILES string of the molecule is CCNC(=NCC1(CCO)CCOC1)NCCc1cn2ccccc2n1. The Labute approximate surface area is 154 Å². The first-order chi connectivity index (χ1) is 12.7. The minimum atomic E-state index is -0.0291. The second kappa shape index (κ2) is 9.00. The molecule has 1 atom stereocenters. The van der Waals surface area contributed by atoms with Crippen molar-refractivity contribution in [2.45, 2.75) is 26.2 Å². The van der Waals surface area contributed by atoms with E-state index in [1.54, 1.807) is 0 Å². The highest BCUT2D eigenvalue weighted by molar-refractivity contribution is 5.79. The molecule has 142 valence electrons. The van der Waals surface area contributed by atoms with Gasteiger partial charge in [-0.1, -0.05) is 6.07 Å². The zero-order valence-corrected chi connectivity index (χ0v) is 15.4. The summed E-state index contributed by atoms with van der Waals surface area (Å²) in [4.78, 5) is 9.36. The molecule has 7 heteroatoms. The second-order valence-electron chi connectivity index (χ2n) is 6.85. The molecule has 7 nitrogen and oxygen atoms in total. The number of nitrogens with zero attached hydrogens (tertiary/aromatic N) is 3. The molecule has 3 heterocycles. The van der Waals surface area contributed by atoms with E-state index in [4.69, 9.17) is 9.73 Å². The highest BCUT2D eigenvalue weighted by Gasteiger charge is 2.34. The molecule has 1 saturated heterocycles. The van der Waals surface area contributed by atoms with Crippen LogP contribution in [-0.4, -0.2) is 59.9 Å². The van der Waals surface area contributed by atoms with Crippen molar-refractivity contribution in [2.75, 3.05) is 39.5 Å². The zero-order chi connectivity index (χ0) is 18.2. The molecule has 0 aromatic carbocycles. The van der Waals surface area contributed by atoms with Gasteiger partial charge in [0.15, 0.2) is 5.96 Å². The number of imidazole rings is 1. The molecular formula is C19H29N5O2. The summed E-state index contributed by atoms with van der Waals surface area (Å²) in [6, 6.07) is 6.00. The van der Waals surface area contributed by atoms with Crippen LogP contribution in [0.3, 0.4) is 0 Å². The van der Waals surface area contributed by atoms with Crippen LogP contribution in [0.25, 0.3) is 5.65 Å². The third-order valence-corrected chi connectivity index (χ3v) is 4.83. The summed E-state index contributed by atoms with van der Waals surface area (Å²) in [7, 11) is 0. The number of hydrogen-bond acceptors (Lipinski definition) is 4. The van der Waals surface area contributed by atoms with Gasteiger partial charge in [-0.25, -0.2) is 4.98 Å². The maximum absolute atomic E-state index is 9.34. The number of aliphatic hydroxyl groups excluding tert-OH is 1. The fourth-order valence-corrected chi connectivity index (χ4v) is 3.29. The summed E-state index contributed by atoms with van der Waals surface area (Å²) in [5, 5.41) is 16.0. The third-order valence-electron chi connectivity index (χ3n) is 4.83. The van der Waals surface area contributed by atoms with Gasteiger partial charge < -0.3 is 24.9 Å². The van der Waals surface area contributed by atoms with E-state index in [0.29, 0.717) is 13.2 Å². The number of aromatic nitrogens is 2. The fourth-order valence-electron chi connectivity index (χ4n) is 3.29. The number of pyridine rings is 1. The summed E-state index contributed by atoms with van der Waals surface area (Å²) >= 11 is 0. The van der Waals surface area contributed by atoms with Crippen molar-refractivity contribution >= 4 is 11.6 Å². The summed E-state index contributed by atoms with van der Waals surface area (Å²) in [5.41, 5.74) is 1.99. The zero-order valence-electron chi connectivity index (χ0n) is 15.4. The number of fused-ring (bicyclic) bond motifs is 1. The molecule has 2 aromatic rings. The first kappa shape index (κ1) is 18.7. The first-order valence-electron chi connectivity index (χ1n) is 9.38. The van der Waals surface area contributed by atoms with E-state index in [2.05, 4.69) is 28.7 Å². The maximum atomic E-state index is 9.34. The Morgan fingerprint density at radius 3 is 3.08 bits per heavy atom. The molecule has 3 rings (SSSR count). The number of aliphatic hydroxyl groups is 1. The third kappa shape index (κ3) is 4.74. The van der Waals surface area contributed by atoms with Crippen molar-refractivity contribution in [2.24, 2.45) is 10.4 Å². The van der Waals surface area contributed by atoms with E-state index in [1.165, 1.54) is 0 Å². The molecule has 0 saturated carbocycles. The molecule has 1 aliphatic rings. The normalized spacial score (nSPS) is 20.6. The van der Waals surface area contributed by atoms with Crippen molar-refractivity contribution in [3.8, 4) is 0 Å². The van der Waals surface area contributed by atoms with Gasteiger partial charge in [-0.2, -0.15) is 0 Å². The number of aliphatic imine (C=N–C) groups is 1. The van der Waals surface area contributed by atoms with Crippen LogP contribution in [0.4, 0.5) is 0 Å². The predicted molar refractivity (Wildman–Crippen MR) is 102 cm³/mol. The molecule has 0 radical (unpaired) electrons. The van der Waals surface area contributed by atoms with E-state index >= 15 is 0 Å². The molecule has 1 aliphatic heterocycles. The number of rotatable bonds is 8. The Hall–Kier alpha value is -2.12. The van der Waals surface area contributed by atoms with E-state index in [0.717, 1.165) is 56.3 Å². The number of nitrogens with one attached hydrogen (secondary N) is 2. The number of ether oxygens (including phenoxy) is 1. The van der Waals surface area contributed by atoms with Gasteiger partial charge in [-0.15, -0.1) is 0 Å². The van der Waals surface area contributed by atoms with Crippen LogP contribution in [0, 0.1) is 5.41 Å². The molecule has 3 N–H and O–H groups in total. The van der Waals surface area contributed by atoms with Crippen molar-refractivity contribution in [1.29, 1.82) is 0 Å². The lowest BCUT2D eigenvalue weighted by Gasteiger charge is -2.24. The number of hydrogen-bond donors (Lipinski definition) is 3. The van der Waals surface area contributed by atoms with Crippen molar-refractivity contribution in [1.82, 2.24) is 20.0 Å². The molecular weight excluding hydrogens is 330 g/mol. The van der Waals surface area contributed by atoms with Crippen molar-refractivity contribution in [3.05, 3.63) is 36.3 Å². The van der Waals surface area contributed by atoms with Crippen molar-refractivity contribution < 1.29 is 9.84 Å². The van der Waals surface area contributed by atoms with E-state index in [-0.39, 0.29) is 12.0 Å². The monoisotopic (exact) mass is 359 g/mol. The lowest BCUT2D eigenvalue weighted by molar-refractivity contribution is 0.131. The Kier molecular flexibility index (Phi) is 6.46. The predicted octanol–water partition coefficient (Wildman–Crippen LogP) is 1.22. The Bertz CT molecular complexity index is 689. The Morgan fingerprint density at radius 1 is 1.42 bits per heavy atom. The van der Waals surface area contributed by atoms with Gasteiger partial charge in [0, 0.05) is 50.5 Å². The van der Waals surface area contributed by atoms with E-state index < -0.39 is 0 Å². The largest absolute Gasteiger partial charge is 0.396 e. The number of guanidine groups is 1. The summed E-state index contributed by atoms with van der Waals surface area (Å²) in [6.45, 7) is 5.91. The van der Waals surface area contributed by atoms with Crippen LogP contribution < -0.4 is 10.6 Å². The van der Waals surface area contributed by atoms with Gasteiger partial charge in [0.25, 0.3) is 0 Å². The average Bonchev–Trinajstić information content (AvgIpc) is 3.27. The molecule has 0 bridgehead atoms. The molecule has 2 aromatic heterocycles. The van der Waals surface area contributed by atoms with Crippen LogP contribution in [0.15, 0.2) is 35.6 Å². The second-order valence-corrected chi connectivity index (χ2v) is 6.85. The first-order valence-corrected chi connectivity index (χ1v) is 9.38. The maximum Gasteiger partial charge on any atom is 0.191 e. The smallest absolute Gasteiger partial charge is 0.191 e. The molecule has 0 spiro atoms. The summed E-state index contributed by atoms with van der Waals surface area (Å²) < 4.78 is 7.58. The highest BCUT2D eigenvalue weighted by Crippen LogP contribution is 2.32. The van der Waals surface area contributed by atoms with Crippen LogP contribution >= 0.6 is 0 Å². The molecule has 26 heavy (non-hydrogen) atoms. The minimum absolute atomic E-state index is 0.0291. The fraction of sp³-hybridized carbons (Fsp3) is 0.579. The standard InChI is InChI=1S/C19H29N5O2/c1-2-20-18(22-14-19(7-11-25)8-12-26-15-19)21-9-6-16-13-24-10-4-3-5-17(24)23-16/h3-5,10,13,25H,2,6-9,11-12,14-15H2,1H3,(H2,20,21,22). The lowest BCUT2D eigenvalue weighted by atomic mass is 9.84. The lowest BCUT2D eigenvalue weighted by Crippen LogP contribution is -2.39. The van der Waals surface area contributed by atoms with E-state index in [1.807, 2.05) is 28.8 Å². The van der Waals surface area contributed by atoms with Crippen LogP contribution in [0.1, 0.15) is 25.5 Å². The van der Waals surface area contributed by atoms with Crippen LogP contribution in [0.2, 0.25) is 0 Å². The van der Waals surface area contributed by atoms with Crippen LogP contribution in [-0.2, 0) is 11.2 Å². The molecule has 0 aliphatic carbocycles. The summed E-state index contributed by atoms with van der Waals surface area (Å²) in [5.74, 6) is 0.806. The Balaban J connectivity index is 1.55. The minimum Gasteiger partial charge on any atom is -0.396 e. The highest BCUT2D eigenvalue weighted by atomic mass is 16.5. The van der Waals surface area contributed by atoms with Gasteiger partial charge in [-0.05, 0) is 31.9 Å². The van der Waals surface area contributed by atoms with Gasteiger partial charge in [0.05, 0.1) is 18.8 Å². The van der Waals surface area contributed by atoms with Gasteiger partial charge in [-0.3, -0.25) is 4.99 Å². The molecule has 1 fully saturated rings. The quantitative estimate of drug-likeness (QED) is 0.488. The van der Waals surface area contributed by atoms with Crippen molar-refractivity contribution in [3.63, 3.8) is 0 Å². The van der Waals surface area contributed by atoms with Crippen LogP contribution in [0.5, 0.6) is 0 Å². The average molecular weight is 359 g/mol. The molecule has 1 unspecified atom stereocenters. The van der Waals surface area contributed by atoms with Gasteiger partial charge in [0.1, 0.15) is 5.65 Å².